The zero-order valence-electron chi connectivity index (χ0n) is 11.5. The first-order chi connectivity index (χ1) is 9.74. The predicted octanol–water partition coefficient (Wildman–Crippen LogP) is 2.41. The third-order valence-corrected chi connectivity index (χ3v) is 4.29. The lowest BCUT2D eigenvalue weighted by molar-refractivity contribution is -0.913. The Bertz CT molecular complexity index is 657. The molecule has 1 aromatic carbocycles. The van der Waals surface area contributed by atoms with E-state index in [0.717, 1.165) is 25.2 Å². The normalized spacial score (nSPS) is 17.2. The minimum Gasteiger partial charge on any atom is -0.464 e. The van der Waals surface area contributed by atoms with Gasteiger partial charge >= 0.3 is 0 Å². The maximum absolute atomic E-state index is 12.5. The molecule has 4 heteroatoms. The first-order valence-corrected chi connectivity index (χ1v) is 7.65. The number of hydrogen-bond donors (Lipinski definition) is 1. The van der Waals surface area contributed by atoms with Crippen LogP contribution in [0, 0.1) is 0 Å². The van der Waals surface area contributed by atoms with Crippen molar-refractivity contribution in [3.8, 4) is 0 Å². The molecule has 3 rings (SSSR count). The molecule has 3 nitrogen and oxygen atoms in total. The topological polar surface area (TPSA) is 34.7 Å². The molecule has 106 valence electrons. The minimum atomic E-state index is 0.0606. The Balaban J connectivity index is 1.91. The molecule has 20 heavy (non-hydrogen) atoms. The Hall–Kier alpha value is -1.32. The highest BCUT2D eigenvalue weighted by Crippen LogP contribution is 2.16. The summed E-state index contributed by atoms with van der Waals surface area (Å²) in [6.45, 7) is 3.05. The van der Waals surface area contributed by atoms with Gasteiger partial charge in [-0.1, -0.05) is 11.6 Å². The van der Waals surface area contributed by atoms with E-state index in [1.807, 2.05) is 0 Å². The largest absolute Gasteiger partial charge is 0.464 e. The molecule has 2 heterocycles. The average molecular weight is 293 g/mol. The lowest BCUT2D eigenvalue weighted by Crippen LogP contribution is -3.10. The molecule has 1 N–H and O–H groups in total. The van der Waals surface area contributed by atoms with Crippen LogP contribution in [0.5, 0.6) is 0 Å². The molecule has 1 aliphatic rings. The second kappa shape index (κ2) is 5.98. The van der Waals surface area contributed by atoms with Crippen LogP contribution < -0.4 is 10.3 Å². The summed E-state index contributed by atoms with van der Waals surface area (Å²) < 4.78 is 5.58. The van der Waals surface area contributed by atoms with Gasteiger partial charge < -0.3 is 9.32 Å². The molecule has 0 amide bonds. The molecule has 0 saturated carbocycles. The molecule has 0 radical (unpaired) electrons. The third-order valence-electron chi connectivity index (χ3n) is 4.06. The van der Waals surface area contributed by atoms with Crippen molar-refractivity contribution in [1.82, 2.24) is 0 Å². The lowest BCUT2D eigenvalue weighted by Gasteiger charge is -2.16. The van der Waals surface area contributed by atoms with Crippen molar-refractivity contribution in [2.45, 2.75) is 32.2 Å². The molecule has 1 aromatic heterocycles. The maximum Gasteiger partial charge on any atom is 0.201 e. The molecule has 1 aliphatic heterocycles. The van der Waals surface area contributed by atoms with Gasteiger partial charge in [-0.3, -0.25) is 4.79 Å². The standard InChI is InChI=1S/C16H18ClNO2/c17-13-5-6-15-14(9-13)16(19)12(11-20-15)10-18-7-3-1-2-4-8-18/h5-6,9,11H,1-4,7-8,10H2/p+1. The van der Waals surface area contributed by atoms with Crippen LogP contribution in [0.3, 0.4) is 0 Å². The average Bonchev–Trinajstić information content (AvgIpc) is 2.71. The highest BCUT2D eigenvalue weighted by atomic mass is 35.5. The molecule has 0 unspecified atom stereocenters. The summed E-state index contributed by atoms with van der Waals surface area (Å²) in [5, 5.41) is 1.16. The number of rotatable bonds is 2. The van der Waals surface area contributed by atoms with Crippen LogP contribution in [-0.2, 0) is 6.54 Å². The summed E-state index contributed by atoms with van der Waals surface area (Å²) in [5.74, 6) is 0. The summed E-state index contributed by atoms with van der Waals surface area (Å²) in [4.78, 5) is 14.0. The Kier molecular flexibility index (Phi) is 4.08. The van der Waals surface area contributed by atoms with Crippen LogP contribution in [0.2, 0.25) is 5.02 Å². The Morgan fingerprint density at radius 2 is 1.90 bits per heavy atom. The van der Waals surface area contributed by atoms with Crippen molar-refractivity contribution in [2.24, 2.45) is 0 Å². The van der Waals surface area contributed by atoms with Crippen LogP contribution in [0.25, 0.3) is 11.0 Å². The zero-order chi connectivity index (χ0) is 13.9. The van der Waals surface area contributed by atoms with Crippen LogP contribution in [-0.4, -0.2) is 13.1 Å². The number of benzene rings is 1. The van der Waals surface area contributed by atoms with E-state index in [-0.39, 0.29) is 5.43 Å². The molecule has 1 saturated heterocycles. The molecular formula is C16H19ClNO2+. The lowest BCUT2D eigenvalue weighted by atomic mass is 10.1. The van der Waals surface area contributed by atoms with Crippen LogP contribution in [0.15, 0.2) is 33.7 Å². The Morgan fingerprint density at radius 3 is 2.65 bits per heavy atom. The summed E-state index contributed by atoms with van der Waals surface area (Å²) in [6, 6.07) is 5.19. The van der Waals surface area contributed by atoms with E-state index in [1.54, 1.807) is 24.5 Å². The smallest absolute Gasteiger partial charge is 0.201 e. The number of nitrogens with one attached hydrogen (secondary N) is 1. The van der Waals surface area contributed by atoms with Gasteiger partial charge in [0.05, 0.1) is 24.0 Å². The van der Waals surface area contributed by atoms with Gasteiger partial charge in [-0.05, 0) is 43.9 Å². The van der Waals surface area contributed by atoms with Gasteiger partial charge in [0.15, 0.2) is 0 Å². The van der Waals surface area contributed by atoms with Gasteiger partial charge in [0, 0.05) is 5.02 Å². The number of quaternary nitrogens is 1. The molecular weight excluding hydrogens is 274 g/mol. The second-order valence-corrected chi connectivity index (χ2v) is 6.01. The van der Waals surface area contributed by atoms with E-state index in [4.69, 9.17) is 16.0 Å². The van der Waals surface area contributed by atoms with E-state index in [1.165, 1.54) is 30.6 Å². The number of halogens is 1. The van der Waals surface area contributed by atoms with E-state index in [2.05, 4.69) is 0 Å². The highest BCUT2D eigenvalue weighted by molar-refractivity contribution is 6.31. The second-order valence-electron chi connectivity index (χ2n) is 5.57. The fourth-order valence-corrected chi connectivity index (χ4v) is 3.11. The maximum atomic E-state index is 12.5. The summed E-state index contributed by atoms with van der Waals surface area (Å²) in [7, 11) is 0. The van der Waals surface area contributed by atoms with E-state index in [9.17, 15) is 4.79 Å². The Morgan fingerprint density at radius 1 is 1.15 bits per heavy atom. The van der Waals surface area contributed by atoms with Gasteiger partial charge in [-0.25, -0.2) is 0 Å². The fourth-order valence-electron chi connectivity index (χ4n) is 2.94. The van der Waals surface area contributed by atoms with Gasteiger partial charge in [0.25, 0.3) is 0 Å². The number of hydrogen-bond acceptors (Lipinski definition) is 2. The first-order valence-electron chi connectivity index (χ1n) is 7.27. The Labute approximate surface area is 123 Å². The fraction of sp³-hybridized carbons (Fsp3) is 0.438. The van der Waals surface area contributed by atoms with Gasteiger partial charge in [-0.15, -0.1) is 0 Å². The van der Waals surface area contributed by atoms with E-state index < -0.39 is 0 Å². The monoisotopic (exact) mass is 292 g/mol. The molecule has 0 spiro atoms. The third kappa shape index (κ3) is 2.89. The zero-order valence-corrected chi connectivity index (χ0v) is 12.2. The summed E-state index contributed by atoms with van der Waals surface area (Å²) >= 11 is 5.97. The van der Waals surface area contributed by atoms with Crippen molar-refractivity contribution < 1.29 is 9.32 Å². The molecule has 1 fully saturated rings. The number of likely N-dealkylation sites (tertiary alicyclic amines) is 1. The summed E-state index contributed by atoms with van der Waals surface area (Å²) in [5.41, 5.74) is 1.43. The van der Waals surface area contributed by atoms with Crippen molar-refractivity contribution in [2.75, 3.05) is 13.1 Å². The molecule has 0 aliphatic carbocycles. The van der Waals surface area contributed by atoms with Gasteiger partial charge in [-0.2, -0.15) is 0 Å². The molecule has 0 bridgehead atoms. The SMILES string of the molecule is O=c1c(C[NH+]2CCCCCC2)coc2ccc(Cl)cc12. The van der Waals surface area contributed by atoms with Gasteiger partial charge in [0.1, 0.15) is 18.4 Å². The van der Waals surface area contributed by atoms with Crippen molar-refractivity contribution in [1.29, 1.82) is 0 Å². The quantitative estimate of drug-likeness (QED) is 0.922. The number of fused-ring (bicyclic) bond motifs is 1. The molecule has 0 atom stereocenters. The van der Waals surface area contributed by atoms with E-state index >= 15 is 0 Å². The first kappa shape index (κ1) is 13.7. The van der Waals surface area contributed by atoms with Crippen molar-refractivity contribution in [3.63, 3.8) is 0 Å². The molecule has 2 aromatic rings. The van der Waals surface area contributed by atoms with Crippen LogP contribution in [0.1, 0.15) is 31.2 Å². The van der Waals surface area contributed by atoms with Crippen molar-refractivity contribution >= 4 is 22.6 Å². The highest BCUT2D eigenvalue weighted by Gasteiger charge is 2.16. The van der Waals surface area contributed by atoms with Crippen LogP contribution in [0.4, 0.5) is 0 Å². The van der Waals surface area contributed by atoms with Gasteiger partial charge in [0.2, 0.25) is 5.43 Å². The van der Waals surface area contributed by atoms with Crippen LogP contribution >= 0.6 is 11.6 Å². The minimum absolute atomic E-state index is 0.0606. The summed E-state index contributed by atoms with van der Waals surface area (Å²) in [6.07, 6.45) is 6.74. The van der Waals surface area contributed by atoms with Crippen molar-refractivity contribution in [3.05, 3.63) is 45.3 Å². The van der Waals surface area contributed by atoms with E-state index in [0.29, 0.717) is 16.0 Å². The predicted molar refractivity (Wildman–Crippen MR) is 80.4 cm³/mol.